The van der Waals surface area contributed by atoms with Gasteiger partial charge in [0.2, 0.25) is 0 Å². The van der Waals surface area contributed by atoms with E-state index in [0.29, 0.717) is 30.6 Å². The maximum atomic E-state index is 13.5. The normalized spacial score (nSPS) is 14.2. The lowest BCUT2D eigenvalue weighted by Crippen LogP contribution is -2.48. The number of aliphatic hydroxyl groups is 1. The highest BCUT2D eigenvalue weighted by molar-refractivity contribution is 9.10. The van der Waals surface area contributed by atoms with Crippen molar-refractivity contribution in [1.82, 2.24) is 0 Å². The smallest absolute Gasteiger partial charge is 0.337 e. The predicted octanol–water partition coefficient (Wildman–Crippen LogP) is 5.79. The largest absolute Gasteiger partial charge is 0.465 e. The number of carbonyl (C=O) groups excluding carboxylic acids is 2. The molecule has 1 aromatic carbocycles. The van der Waals surface area contributed by atoms with Crippen molar-refractivity contribution in [3.8, 4) is 0 Å². The number of methoxy groups -OCH3 is 2. The van der Waals surface area contributed by atoms with Gasteiger partial charge in [-0.15, -0.1) is 0 Å². The fourth-order valence-electron chi connectivity index (χ4n) is 3.52. The van der Waals surface area contributed by atoms with E-state index < -0.39 is 31.5 Å². The van der Waals surface area contributed by atoms with Crippen LogP contribution in [0.1, 0.15) is 49.5 Å². The molecule has 2 atom stereocenters. The average Bonchev–Trinajstić information content (AvgIpc) is 2.76. The van der Waals surface area contributed by atoms with Crippen molar-refractivity contribution >= 4 is 35.9 Å². The van der Waals surface area contributed by atoms with Gasteiger partial charge in [-0.1, -0.05) is 46.7 Å². The van der Waals surface area contributed by atoms with Crippen molar-refractivity contribution in [2.24, 2.45) is 5.41 Å². The van der Waals surface area contributed by atoms with Gasteiger partial charge in [0.15, 0.2) is 0 Å². The first kappa shape index (κ1) is 30.5. The molecule has 0 saturated carbocycles. The summed E-state index contributed by atoms with van der Waals surface area (Å²) in [7, 11) is 1.45. The van der Waals surface area contributed by atoms with Crippen molar-refractivity contribution in [2.45, 2.75) is 71.8 Å². The standard InChI is InChI=1S/C26H41BrO6Si/c1-18(2)19(3)11-12-26(17-31-4,25(30)33-13-14-34(6,7)8)23(28)16-21-15-20(24(29)32-5)9-10-22(21)27/h9-10,15,23,28H,11-14,16-17H2,1-8H3/t23-,26-/m1/s1. The van der Waals surface area contributed by atoms with Crippen LogP contribution in [-0.4, -0.2) is 58.7 Å². The molecule has 0 fully saturated rings. The Kier molecular flexibility index (Phi) is 12.2. The van der Waals surface area contributed by atoms with Gasteiger partial charge >= 0.3 is 11.9 Å². The third-order valence-electron chi connectivity index (χ3n) is 6.21. The Balaban J connectivity index is 3.34. The van der Waals surface area contributed by atoms with Gasteiger partial charge in [0.05, 0.1) is 32.0 Å². The topological polar surface area (TPSA) is 82.1 Å². The fraction of sp³-hybridized carbons (Fsp3) is 0.615. The summed E-state index contributed by atoms with van der Waals surface area (Å²) in [6.07, 6.45) is 0.0844. The fourth-order valence-corrected chi connectivity index (χ4v) is 4.65. The van der Waals surface area contributed by atoms with E-state index >= 15 is 0 Å². The monoisotopic (exact) mass is 556 g/mol. The molecule has 8 heteroatoms. The number of carbonyl (C=O) groups is 2. The zero-order valence-electron chi connectivity index (χ0n) is 21.9. The van der Waals surface area contributed by atoms with Gasteiger partial charge in [-0.25, -0.2) is 4.79 Å². The molecule has 0 heterocycles. The second-order valence-electron chi connectivity index (χ2n) is 10.3. The molecule has 0 aliphatic rings. The summed E-state index contributed by atoms with van der Waals surface area (Å²) in [5.74, 6) is -0.904. The average molecular weight is 558 g/mol. The Bertz CT molecular complexity index is 873. The highest BCUT2D eigenvalue weighted by atomic mass is 79.9. The van der Waals surface area contributed by atoms with Crippen LogP contribution in [-0.2, 0) is 25.4 Å². The minimum atomic E-state index is -1.40. The Morgan fingerprint density at radius 2 is 1.79 bits per heavy atom. The number of hydrogen-bond donors (Lipinski definition) is 1. The van der Waals surface area contributed by atoms with Gasteiger partial charge in [0, 0.05) is 26.1 Å². The van der Waals surface area contributed by atoms with Gasteiger partial charge in [0.1, 0.15) is 5.41 Å². The van der Waals surface area contributed by atoms with Crippen molar-refractivity contribution in [3.63, 3.8) is 0 Å². The molecular formula is C26H41BrO6Si. The Labute approximate surface area is 214 Å². The van der Waals surface area contributed by atoms with E-state index in [0.717, 1.165) is 16.1 Å². The van der Waals surface area contributed by atoms with Gasteiger partial charge < -0.3 is 19.3 Å². The van der Waals surface area contributed by atoms with Crippen LogP contribution in [0.5, 0.6) is 0 Å². The summed E-state index contributed by atoms with van der Waals surface area (Å²) >= 11 is 3.50. The Morgan fingerprint density at radius 3 is 2.32 bits per heavy atom. The van der Waals surface area contributed by atoms with Gasteiger partial charge in [-0.3, -0.25) is 4.79 Å². The third kappa shape index (κ3) is 8.95. The molecule has 0 aliphatic heterocycles. The zero-order chi connectivity index (χ0) is 26.1. The summed E-state index contributed by atoms with van der Waals surface area (Å²) in [5.41, 5.74) is 2.18. The Morgan fingerprint density at radius 1 is 1.15 bits per heavy atom. The van der Waals surface area contributed by atoms with Crippen LogP contribution in [0.25, 0.3) is 0 Å². The first-order valence-electron chi connectivity index (χ1n) is 11.6. The SMILES string of the molecule is COC[C@@](CCC(C)=C(C)C)(C(=O)OCC[Si](C)(C)C)[C@H](O)Cc1cc(C(=O)OC)ccc1Br. The van der Waals surface area contributed by atoms with Crippen molar-refractivity contribution in [3.05, 3.63) is 44.9 Å². The second kappa shape index (κ2) is 13.6. The number of hydrogen-bond acceptors (Lipinski definition) is 6. The van der Waals surface area contributed by atoms with E-state index in [4.69, 9.17) is 14.2 Å². The maximum absolute atomic E-state index is 13.5. The molecule has 1 N–H and O–H groups in total. The van der Waals surface area contributed by atoms with Crippen molar-refractivity contribution < 1.29 is 28.9 Å². The van der Waals surface area contributed by atoms with Gasteiger partial charge in [-0.05, 0) is 63.4 Å². The lowest BCUT2D eigenvalue weighted by atomic mass is 9.75. The second-order valence-corrected chi connectivity index (χ2v) is 16.8. The summed E-state index contributed by atoms with van der Waals surface area (Å²) < 4.78 is 16.8. The molecule has 0 aromatic heterocycles. The molecule has 0 bridgehead atoms. The van der Waals surface area contributed by atoms with E-state index in [1.54, 1.807) is 18.2 Å². The molecule has 0 unspecified atom stereocenters. The number of ether oxygens (including phenoxy) is 3. The van der Waals surface area contributed by atoms with Gasteiger partial charge in [-0.2, -0.15) is 0 Å². The van der Waals surface area contributed by atoms with E-state index in [1.807, 2.05) is 20.8 Å². The van der Waals surface area contributed by atoms with Crippen LogP contribution in [0.4, 0.5) is 0 Å². The van der Waals surface area contributed by atoms with Crippen LogP contribution in [0.3, 0.4) is 0 Å². The number of rotatable bonds is 13. The van der Waals surface area contributed by atoms with E-state index in [-0.39, 0.29) is 13.0 Å². The molecule has 0 spiro atoms. The van der Waals surface area contributed by atoms with Crippen LogP contribution in [0.15, 0.2) is 33.8 Å². The Hall–Kier alpha value is -1.48. The quantitative estimate of drug-likeness (QED) is 0.188. The maximum Gasteiger partial charge on any atom is 0.337 e. The highest BCUT2D eigenvalue weighted by Gasteiger charge is 2.47. The van der Waals surface area contributed by atoms with E-state index in [2.05, 4.69) is 35.6 Å². The molecule has 34 heavy (non-hydrogen) atoms. The van der Waals surface area contributed by atoms with Crippen molar-refractivity contribution in [2.75, 3.05) is 27.4 Å². The molecule has 0 radical (unpaired) electrons. The molecule has 0 amide bonds. The van der Waals surface area contributed by atoms with Crippen molar-refractivity contribution in [1.29, 1.82) is 0 Å². The first-order valence-corrected chi connectivity index (χ1v) is 16.1. The first-order chi connectivity index (χ1) is 15.8. The number of halogens is 1. The molecule has 1 aromatic rings. The molecule has 0 aliphatic carbocycles. The minimum Gasteiger partial charge on any atom is -0.465 e. The van der Waals surface area contributed by atoms with Gasteiger partial charge in [0.25, 0.3) is 0 Å². The summed E-state index contributed by atoms with van der Waals surface area (Å²) in [6, 6.07) is 5.91. The number of benzene rings is 1. The summed E-state index contributed by atoms with van der Waals surface area (Å²) in [6.45, 7) is 13.1. The molecular weight excluding hydrogens is 516 g/mol. The minimum absolute atomic E-state index is 0.0320. The zero-order valence-corrected chi connectivity index (χ0v) is 24.5. The molecule has 1 rings (SSSR count). The lowest BCUT2D eigenvalue weighted by molar-refractivity contribution is -0.169. The number of allylic oxidation sites excluding steroid dienone is 2. The van der Waals surface area contributed by atoms with E-state index in [9.17, 15) is 14.7 Å². The summed E-state index contributed by atoms with van der Waals surface area (Å²) in [5, 5.41) is 11.5. The predicted molar refractivity (Wildman–Crippen MR) is 142 cm³/mol. The number of esters is 2. The van der Waals surface area contributed by atoms with Crippen LogP contribution in [0, 0.1) is 5.41 Å². The van der Waals surface area contributed by atoms with Crippen LogP contribution < -0.4 is 0 Å². The summed E-state index contributed by atoms with van der Waals surface area (Å²) in [4.78, 5) is 25.5. The molecule has 192 valence electrons. The van der Waals surface area contributed by atoms with Crippen LogP contribution >= 0.6 is 15.9 Å². The lowest BCUT2D eigenvalue weighted by Gasteiger charge is -2.36. The number of aliphatic hydroxyl groups excluding tert-OH is 1. The molecule has 6 nitrogen and oxygen atoms in total. The van der Waals surface area contributed by atoms with E-state index in [1.165, 1.54) is 19.8 Å². The van der Waals surface area contributed by atoms with Crippen LogP contribution in [0.2, 0.25) is 25.7 Å². The highest BCUT2D eigenvalue weighted by Crippen LogP contribution is 2.36. The molecule has 0 saturated heterocycles. The third-order valence-corrected chi connectivity index (χ3v) is 8.69.